The maximum atomic E-state index is 13.1. The molecule has 1 aromatic heterocycles. The molecular weight excluding hydrogens is 273 g/mol. The maximum Gasteiger partial charge on any atom is 0.231 e. The summed E-state index contributed by atoms with van der Waals surface area (Å²) in [6.45, 7) is 0.857. The lowest BCUT2D eigenvalue weighted by molar-refractivity contribution is 0.174. The number of fused-ring (bicyclic) bond motifs is 2. The van der Waals surface area contributed by atoms with Crippen molar-refractivity contribution in [2.75, 3.05) is 12.1 Å². The first-order valence-corrected chi connectivity index (χ1v) is 6.55. The van der Waals surface area contributed by atoms with Crippen LogP contribution >= 0.6 is 0 Å². The van der Waals surface area contributed by atoms with Crippen molar-refractivity contribution < 1.29 is 13.9 Å². The van der Waals surface area contributed by atoms with E-state index >= 15 is 0 Å². The molecule has 21 heavy (non-hydrogen) atoms. The second-order valence-corrected chi connectivity index (χ2v) is 4.80. The van der Waals surface area contributed by atoms with Crippen molar-refractivity contribution in [3.63, 3.8) is 0 Å². The van der Waals surface area contributed by atoms with Crippen molar-refractivity contribution in [3.8, 4) is 11.5 Å². The molecule has 4 rings (SSSR count). The van der Waals surface area contributed by atoms with Gasteiger partial charge in [-0.3, -0.25) is 5.10 Å². The van der Waals surface area contributed by atoms with Crippen molar-refractivity contribution in [2.45, 2.75) is 6.54 Å². The molecule has 0 amide bonds. The van der Waals surface area contributed by atoms with Gasteiger partial charge in [-0.2, -0.15) is 5.10 Å². The lowest BCUT2D eigenvalue weighted by atomic mass is 10.2. The summed E-state index contributed by atoms with van der Waals surface area (Å²) < 4.78 is 23.8. The highest BCUT2D eigenvalue weighted by molar-refractivity contribution is 5.89. The number of hydrogen-bond donors (Lipinski definition) is 2. The van der Waals surface area contributed by atoms with Crippen LogP contribution in [0.5, 0.6) is 11.5 Å². The van der Waals surface area contributed by atoms with Gasteiger partial charge in [0.25, 0.3) is 0 Å². The van der Waals surface area contributed by atoms with Crippen molar-refractivity contribution in [1.29, 1.82) is 0 Å². The lowest BCUT2D eigenvalue weighted by Crippen LogP contribution is -2.00. The number of aromatic nitrogens is 2. The van der Waals surface area contributed by atoms with E-state index in [1.54, 1.807) is 6.07 Å². The average molecular weight is 285 g/mol. The minimum Gasteiger partial charge on any atom is -0.454 e. The first-order chi connectivity index (χ1) is 10.3. The molecule has 2 aromatic carbocycles. The molecule has 1 aliphatic rings. The van der Waals surface area contributed by atoms with E-state index in [1.165, 1.54) is 12.1 Å². The van der Waals surface area contributed by atoms with Crippen LogP contribution in [0.15, 0.2) is 36.4 Å². The molecule has 0 saturated carbocycles. The van der Waals surface area contributed by atoms with Gasteiger partial charge in [0, 0.05) is 11.9 Å². The molecule has 0 fully saturated rings. The van der Waals surface area contributed by atoms with Crippen LogP contribution in [0.4, 0.5) is 10.2 Å². The summed E-state index contributed by atoms with van der Waals surface area (Å²) in [5.41, 5.74) is 1.72. The van der Waals surface area contributed by atoms with Gasteiger partial charge in [0.2, 0.25) is 6.79 Å². The van der Waals surface area contributed by atoms with E-state index in [0.29, 0.717) is 17.9 Å². The van der Waals surface area contributed by atoms with Crippen LogP contribution in [-0.2, 0) is 6.54 Å². The van der Waals surface area contributed by atoms with Crippen LogP contribution in [0.3, 0.4) is 0 Å². The summed E-state index contributed by atoms with van der Waals surface area (Å²) in [6, 6.07) is 10.3. The van der Waals surface area contributed by atoms with Gasteiger partial charge in [0.05, 0.1) is 5.52 Å². The van der Waals surface area contributed by atoms with Crippen LogP contribution in [-0.4, -0.2) is 17.0 Å². The van der Waals surface area contributed by atoms with Gasteiger partial charge in [-0.05, 0) is 35.9 Å². The Balaban J connectivity index is 1.55. The second-order valence-electron chi connectivity index (χ2n) is 4.80. The highest BCUT2D eigenvalue weighted by atomic mass is 19.1. The van der Waals surface area contributed by atoms with Crippen LogP contribution in [0.2, 0.25) is 0 Å². The molecule has 0 spiro atoms. The van der Waals surface area contributed by atoms with Gasteiger partial charge in [-0.1, -0.05) is 6.07 Å². The quantitative estimate of drug-likeness (QED) is 0.776. The Kier molecular flexibility index (Phi) is 2.67. The molecule has 0 radical (unpaired) electrons. The van der Waals surface area contributed by atoms with E-state index in [-0.39, 0.29) is 12.6 Å². The van der Waals surface area contributed by atoms with Crippen LogP contribution in [0, 0.1) is 5.82 Å². The molecule has 2 N–H and O–H groups in total. The molecule has 0 bridgehead atoms. The van der Waals surface area contributed by atoms with E-state index in [9.17, 15) is 4.39 Å². The van der Waals surface area contributed by atoms with Crippen LogP contribution < -0.4 is 14.8 Å². The lowest BCUT2D eigenvalue weighted by Gasteiger charge is -2.05. The minimum absolute atomic E-state index is 0.266. The predicted octanol–water partition coefficient (Wildman–Crippen LogP) is 3.04. The third-order valence-electron chi connectivity index (χ3n) is 3.42. The fraction of sp³-hybridized carbons (Fsp3) is 0.133. The summed E-state index contributed by atoms with van der Waals surface area (Å²) in [5.74, 6) is 1.93. The van der Waals surface area contributed by atoms with E-state index in [1.807, 2.05) is 18.2 Å². The molecule has 0 atom stereocenters. The zero-order valence-electron chi connectivity index (χ0n) is 11.0. The SMILES string of the molecule is Fc1ccc2c(NCc3ccc4c(c3)OCO4)n[nH]c2c1. The van der Waals surface area contributed by atoms with Gasteiger partial charge in [-0.25, -0.2) is 4.39 Å². The number of nitrogens with one attached hydrogen (secondary N) is 2. The third-order valence-corrected chi connectivity index (χ3v) is 3.42. The molecule has 0 saturated heterocycles. The molecule has 0 aliphatic carbocycles. The predicted molar refractivity (Wildman–Crippen MR) is 75.9 cm³/mol. The Morgan fingerprint density at radius 2 is 2.05 bits per heavy atom. The average Bonchev–Trinajstić information content (AvgIpc) is 3.10. The molecule has 3 aromatic rings. The Labute approximate surface area is 119 Å². The van der Waals surface area contributed by atoms with E-state index in [4.69, 9.17) is 9.47 Å². The van der Waals surface area contributed by atoms with Gasteiger partial charge in [-0.15, -0.1) is 0 Å². The van der Waals surface area contributed by atoms with E-state index < -0.39 is 0 Å². The fourth-order valence-corrected chi connectivity index (χ4v) is 2.36. The highest BCUT2D eigenvalue weighted by Gasteiger charge is 2.13. The van der Waals surface area contributed by atoms with Gasteiger partial charge in [0.15, 0.2) is 17.3 Å². The Morgan fingerprint density at radius 3 is 3.00 bits per heavy atom. The minimum atomic E-state index is -0.284. The Bertz CT molecular complexity index is 816. The largest absolute Gasteiger partial charge is 0.454 e. The summed E-state index contributed by atoms with van der Waals surface area (Å²) >= 11 is 0. The van der Waals surface area contributed by atoms with E-state index in [0.717, 1.165) is 22.4 Å². The van der Waals surface area contributed by atoms with Crippen molar-refractivity contribution in [3.05, 3.63) is 47.8 Å². The molecule has 6 heteroatoms. The number of benzene rings is 2. The first kappa shape index (κ1) is 12.0. The first-order valence-electron chi connectivity index (χ1n) is 6.55. The number of hydrogen-bond acceptors (Lipinski definition) is 4. The Morgan fingerprint density at radius 1 is 1.14 bits per heavy atom. The molecule has 106 valence electrons. The summed E-state index contributed by atoms with van der Waals surface area (Å²) in [5, 5.41) is 11.1. The van der Waals surface area contributed by atoms with Gasteiger partial charge in [0.1, 0.15) is 5.82 Å². The van der Waals surface area contributed by atoms with Crippen molar-refractivity contribution in [2.24, 2.45) is 0 Å². The fourth-order valence-electron chi connectivity index (χ4n) is 2.36. The summed E-state index contributed by atoms with van der Waals surface area (Å²) in [4.78, 5) is 0. The van der Waals surface area contributed by atoms with Crippen molar-refractivity contribution >= 4 is 16.7 Å². The monoisotopic (exact) mass is 285 g/mol. The number of ether oxygens (including phenoxy) is 2. The standard InChI is InChI=1S/C15H12FN3O2/c16-10-2-3-11-12(6-10)18-19-15(11)17-7-9-1-4-13-14(5-9)21-8-20-13/h1-6H,7-8H2,(H2,17,18,19). The number of aromatic amines is 1. The molecule has 0 unspecified atom stereocenters. The number of nitrogens with zero attached hydrogens (tertiary/aromatic N) is 1. The van der Waals surface area contributed by atoms with Crippen LogP contribution in [0.1, 0.15) is 5.56 Å². The molecule has 1 aliphatic heterocycles. The number of rotatable bonds is 3. The smallest absolute Gasteiger partial charge is 0.231 e. The van der Waals surface area contributed by atoms with Gasteiger partial charge < -0.3 is 14.8 Å². The second kappa shape index (κ2) is 4.66. The zero-order chi connectivity index (χ0) is 14.2. The summed E-state index contributed by atoms with van der Waals surface area (Å²) in [7, 11) is 0. The number of anilines is 1. The highest BCUT2D eigenvalue weighted by Crippen LogP contribution is 2.32. The molecule has 2 heterocycles. The summed E-state index contributed by atoms with van der Waals surface area (Å²) in [6.07, 6.45) is 0. The molecular formula is C15H12FN3O2. The topological polar surface area (TPSA) is 59.2 Å². The third kappa shape index (κ3) is 2.14. The van der Waals surface area contributed by atoms with Crippen LogP contribution in [0.25, 0.3) is 10.9 Å². The maximum absolute atomic E-state index is 13.1. The molecule has 5 nitrogen and oxygen atoms in total. The van der Waals surface area contributed by atoms with E-state index in [2.05, 4.69) is 15.5 Å². The normalized spacial score (nSPS) is 12.8. The van der Waals surface area contributed by atoms with Gasteiger partial charge >= 0.3 is 0 Å². The van der Waals surface area contributed by atoms with Crippen molar-refractivity contribution in [1.82, 2.24) is 10.2 Å². The number of H-pyrrole nitrogens is 1. The zero-order valence-corrected chi connectivity index (χ0v) is 11.0. The Hall–Kier alpha value is -2.76. The number of halogens is 1.